The summed E-state index contributed by atoms with van der Waals surface area (Å²) in [5, 5.41) is 2.33. The van der Waals surface area contributed by atoms with Gasteiger partial charge in [0, 0.05) is 12.5 Å². The molecular weight excluding hydrogens is 290 g/mol. The maximum Gasteiger partial charge on any atom is 0.242 e. The number of halogens is 1. The number of hydrogen-bond donors (Lipinski definition) is 1. The third-order valence-corrected chi connectivity index (χ3v) is 4.45. The third-order valence-electron chi connectivity index (χ3n) is 4.00. The summed E-state index contributed by atoms with van der Waals surface area (Å²) in [6, 6.07) is 5.75. The number of rotatable bonds is 3. The molecule has 1 fully saturated rings. The molecule has 0 aromatic heterocycles. The van der Waals surface area contributed by atoms with Crippen LogP contribution in [0.4, 0.5) is 0 Å². The largest absolute Gasteiger partial charge is 0.490 e. The first-order chi connectivity index (χ1) is 10.2. The molecule has 1 amide bonds. The zero-order valence-corrected chi connectivity index (χ0v) is 12.7. The van der Waals surface area contributed by atoms with Crippen molar-refractivity contribution in [3.05, 3.63) is 23.8 Å². The Bertz CT molecular complexity index is 514. The van der Waals surface area contributed by atoms with Crippen LogP contribution in [0.3, 0.4) is 0 Å². The Kier molecular flexibility index (Phi) is 4.54. The van der Waals surface area contributed by atoms with Gasteiger partial charge in [-0.25, -0.2) is 0 Å². The number of carbonyl (C=O) groups is 1. The summed E-state index contributed by atoms with van der Waals surface area (Å²) in [5.41, 5.74) is 0.747. The molecule has 21 heavy (non-hydrogen) atoms. The van der Waals surface area contributed by atoms with E-state index in [1.54, 1.807) is 0 Å². The molecule has 1 atom stereocenters. The van der Waals surface area contributed by atoms with Gasteiger partial charge in [-0.3, -0.25) is 4.79 Å². The highest BCUT2D eigenvalue weighted by atomic mass is 35.5. The van der Waals surface area contributed by atoms with Crippen LogP contribution in [-0.2, 0) is 4.79 Å². The number of hydrogen-bond acceptors (Lipinski definition) is 3. The number of nitrogens with one attached hydrogen (secondary N) is 1. The molecule has 1 aromatic carbocycles. The molecule has 1 aliphatic carbocycles. The second-order valence-corrected chi connectivity index (χ2v) is 6.05. The van der Waals surface area contributed by atoms with Gasteiger partial charge >= 0.3 is 0 Å². The van der Waals surface area contributed by atoms with E-state index >= 15 is 0 Å². The maximum atomic E-state index is 12.2. The minimum Gasteiger partial charge on any atom is -0.490 e. The minimum absolute atomic E-state index is 0.127. The standard InChI is InChI=1S/C16H20ClNO3/c17-15(16(19)18-12-4-1-2-5-12)11-6-7-13-14(10-11)21-9-3-8-20-13/h6-7,10,12,15H,1-5,8-9H2,(H,18,19). The number of ether oxygens (including phenoxy) is 2. The fourth-order valence-corrected chi connectivity index (χ4v) is 3.03. The van der Waals surface area contributed by atoms with Crippen molar-refractivity contribution in [1.82, 2.24) is 5.32 Å². The van der Waals surface area contributed by atoms with E-state index in [1.807, 2.05) is 18.2 Å². The van der Waals surface area contributed by atoms with Gasteiger partial charge in [-0.1, -0.05) is 18.9 Å². The molecule has 0 bridgehead atoms. The van der Waals surface area contributed by atoms with Crippen LogP contribution >= 0.6 is 11.6 Å². The first-order valence-electron chi connectivity index (χ1n) is 7.58. The molecule has 1 heterocycles. The molecule has 1 N–H and O–H groups in total. The Hall–Kier alpha value is -1.42. The van der Waals surface area contributed by atoms with Gasteiger partial charge in [0.05, 0.1) is 13.2 Å². The van der Waals surface area contributed by atoms with E-state index in [9.17, 15) is 4.79 Å². The van der Waals surface area contributed by atoms with Gasteiger partial charge < -0.3 is 14.8 Å². The molecule has 0 spiro atoms. The van der Waals surface area contributed by atoms with Crippen molar-refractivity contribution in [2.75, 3.05) is 13.2 Å². The molecule has 0 radical (unpaired) electrons. The molecule has 1 aliphatic heterocycles. The van der Waals surface area contributed by atoms with Crippen molar-refractivity contribution >= 4 is 17.5 Å². The molecule has 5 heteroatoms. The van der Waals surface area contributed by atoms with Crippen molar-refractivity contribution in [2.24, 2.45) is 0 Å². The smallest absolute Gasteiger partial charge is 0.242 e. The second kappa shape index (κ2) is 6.56. The summed E-state index contributed by atoms with van der Waals surface area (Å²) in [5.74, 6) is 1.26. The Morgan fingerprint density at radius 1 is 1.14 bits per heavy atom. The van der Waals surface area contributed by atoms with Gasteiger partial charge in [-0.2, -0.15) is 0 Å². The highest BCUT2D eigenvalue weighted by Gasteiger charge is 2.24. The van der Waals surface area contributed by atoms with E-state index in [2.05, 4.69) is 5.32 Å². The highest BCUT2D eigenvalue weighted by Crippen LogP contribution is 2.34. The summed E-state index contributed by atoms with van der Waals surface area (Å²) in [6.07, 6.45) is 5.33. The summed E-state index contributed by atoms with van der Waals surface area (Å²) < 4.78 is 11.2. The zero-order valence-electron chi connectivity index (χ0n) is 11.9. The molecule has 1 saturated carbocycles. The van der Waals surface area contributed by atoms with Crippen LogP contribution in [0.15, 0.2) is 18.2 Å². The molecule has 1 unspecified atom stereocenters. The summed E-state index contributed by atoms with van der Waals surface area (Å²) in [7, 11) is 0. The predicted octanol–water partition coefficient (Wildman–Crippen LogP) is 3.19. The minimum atomic E-state index is -0.692. The lowest BCUT2D eigenvalue weighted by Gasteiger charge is -2.16. The molecule has 114 valence electrons. The number of fused-ring (bicyclic) bond motifs is 1. The van der Waals surface area contributed by atoms with E-state index < -0.39 is 5.38 Å². The number of amides is 1. The Balaban J connectivity index is 1.70. The van der Waals surface area contributed by atoms with E-state index in [4.69, 9.17) is 21.1 Å². The van der Waals surface area contributed by atoms with Crippen LogP contribution in [0, 0.1) is 0 Å². The van der Waals surface area contributed by atoms with Crippen LogP contribution in [0.1, 0.15) is 43.0 Å². The van der Waals surface area contributed by atoms with E-state index in [1.165, 1.54) is 12.8 Å². The van der Waals surface area contributed by atoms with Crippen LogP contribution in [0.25, 0.3) is 0 Å². The fourth-order valence-electron chi connectivity index (χ4n) is 2.83. The molecule has 4 nitrogen and oxygen atoms in total. The van der Waals surface area contributed by atoms with Crippen molar-refractivity contribution in [3.63, 3.8) is 0 Å². The molecular formula is C16H20ClNO3. The van der Waals surface area contributed by atoms with Gasteiger partial charge in [0.2, 0.25) is 5.91 Å². The topological polar surface area (TPSA) is 47.6 Å². The van der Waals surface area contributed by atoms with E-state index in [-0.39, 0.29) is 11.9 Å². The second-order valence-electron chi connectivity index (χ2n) is 5.61. The van der Waals surface area contributed by atoms with Crippen LogP contribution < -0.4 is 14.8 Å². The van der Waals surface area contributed by atoms with Crippen molar-refractivity contribution < 1.29 is 14.3 Å². The summed E-state index contributed by atoms with van der Waals surface area (Å²) >= 11 is 6.31. The Morgan fingerprint density at radius 2 is 1.86 bits per heavy atom. The average molecular weight is 310 g/mol. The summed E-state index contributed by atoms with van der Waals surface area (Å²) in [6.45, 7) is 1.27. The lowest BCUT2D eigenvalue weighted by atomic mass is 10.1. The molecule has 1 aromatic rings. The first-order valence-corrected chi connectivity index (χ1v) is 8.01. The molecule has 3 rings (SSSR count). The van der Waals surface area contributed by atoms with Crippen LogP contribution in [0.5, 0.6) is 11.5 Å². The number of alkyl halides is 1. The van der Waals surface area contributed by atoms with Crippen molar-refractivity contribution in [1.29, 1.82) is 0 Å². The Labute approximate surface area is 129 Å². The van der Waals surface area contributed by atoms with Gasteiger partial charge in [0.15, 0.2) is 11.5 Å². The third kappa shape index (κ3) is 3.43. The van der Waals surface area contributed by atoms with Crippen molar-refractivity contribution in [3.8, 4) is 11.5 Å². The van der Waals surface area contributed by atoms with Crippen molar-refractivity contribution in [2.45, 2.75) is 43.5 Å². The quantitative estimate of drug-likeness (QED) is 0.872. The lowest BCUT2D eigenvalue weighted by Crippen LogP contribution is -2.34. The lowest BCUT2D eigenvalue weighted by molar-refractivity contribution is -0.121. The maximum absolute atomic E-state index is 12.2. The van der Waals surface area contributed by atoms with Crippen LogP contribution in [-0.4, -0.2) is 25.2 Å². The monoisotopic (exact) mass is 309 g/mol. The molecule has 2 aliphatic rings. The normalized spacial score (nSPS) is 19.9. The zero-order chi connectivity index (χ0) is 14.7. The fraction of sp³-hybridized carbons (Fsp3) is 0.562. The van der Waals surface area contributed by atoms with Gasteiger partial charge in [-0.05, 0) is 30.5 Å². The highest BCUT2D eigenvalue weighted by molar-refractivity contribution is 6.30. The molecule has 0 saturated heterocycles. The van der Waals surface area contributed by atoms with E-state index in [0.29, 0.717) is 19.0 Å². The van der Waals surface area contributed by atoms with Crippen LogP contribution in [0.2, 0.25) is 0 Å². The SMILES string of the molecule is O=C(NC1CCCC1)C(Cl)c1ccc2c(c1)OCCCO2. The average Bonchev–Trinajstić information content (AvgIpc) is 2.89. The van der Waals surface area contributed by atoms with Gasteiger partial charge in [0.25, 0.3) is 0 Å². The number of carbonyl (C=O) groups excluding carboxylic acids is 1. The summed E-state index contributed by atoms with van der Waals surface area (Å²) in [4.78, 5) is 12.2. The van der Waals surface area contributed by atoms with E-state index in [0.717, 1.165) is 30.6 Å². The van der Waals surface area contributed by atoms with Gasteiger partial charge in [-0.15, -0.1) is 11.6 Å². The van der Waals surface area contributed by atoms with Gasteiger partial charge in [0.1, 0.15) is 5.38 Å². The predicted molar refractivity (Wildman–Crippen MR) is 81.0 cm³/mol. The first kappa shape index (κ1) is 14.5. The Morgan fingerprint density at radius 3 is 2.62 bits per heavy atom. The number of benzene rings is 1.